The van der Waals surface area contributed by atoms with Crippen molar-refractivity contribution in [2.24, 2.45) is 7.05 Å². The number of aromatic nitrogens is 3. The van der Waals surface area contributed by atoms with Crippen molar-refractivity contribution in [3.8, 4) is 17.3 Å². The molecule has 0 spiro atoms. The lowest BCUT2D eigenvalue weighted by Crippen LogP contribution is -2.52. The van der Waals surface area contributed by atoms with Gasteiger partial charge >= 0.3 is 6.36 Å². The second kappa shape index (κ2) is 9.58. The van der Waals surface area contributed by atoms with Gasteiger partial charge < -0.3 is 34.0 Å². The van der Waals surface area contributed by atoms with Crippen molar-refractivity contribution in [2.75, 3.05) is 13.1 Å². The van der Waals surface area contributed by atoms with Crippen LogP contribution in [-0.2, 0) is 13.6 Å². The monoisotopic (exact) mass is 528 g/mol. The Morgan fingerprint density at radius 1 is 1.21 bits per heavy atom. The number of halogens is 3. The number of nitrogens with one attached hydrogen (secondary N) is 1. The van der Waals surface area contributed by atoms with E-state index in [-0.39, 0.29) is 23.1 Å². The Morgan fingerprint density at radius 3 is 2.68 bits per heavy atom. The van der Waals surface area contributed by atoms with Gasteiger partial charge in [-0.05, 0) is 44.0 Å². The first kappa shape index (κ1) is 25.4. The molecule has 38 heavy (non-hydrogen) atoms. The number of benzene rings is 2. The van der Waals surface area contributed by atoms with E-state index in [9.17, 15) is 27.9 Å². The number of rotatable bonds is 5. The summed E-state index contributed by atoms with van der Waals surface area (Å²) in [5.74, 6) is -0.662. The van der Waals surface area contributed by atoms with Gasteiger partial charge in [0, 0.05) is 49.2 Å². The molecule has 1 aliphatic heterocycles. The molecule has 0 radical (unpaired) electrons. The molecule has 0 aliphatic carbocycles. The van der Waals surface area contributed by atoms with Gasteiger partial charge in [0.25, 0.3) is 5.91 Å². The standard InChI is InChI=1S/C26H26F3N5O4/c1-3-34-19-9-5-4-7-15(19)12-20(34)23-31-18-11-16(13-21(22(18)32(23)2)38-26(27,28)29)24(35)33-10-6-8-17(14-33)30-25(36)37/h4-5,7,9,11-13,17,30H,3,6,8,10,14H2,1-2H3,(H,36,37)/p-1. The van der Waals surface area contributed by atoms with E-state index < -0.39 is 30.2 Å². The molecule has 2 aromatic carbocycles. The minimum atomic E-state index is -4.99. The zero-order valence-electron chi connectivity index (χ0n) is 20.7. The third kappa shape index (κ3) is 4.73. The summed E-state index contributed by atoms with van der Waals surface area (Å²) in [6.45, 7) is 2.98. The second-order valence-corrected chi connectivity index (χ2v) is 9.24. The molecule has 0 bridgehead atoms. The van der Waals surface area contributed by atoms with Crippen LogP contribution in [0, 0.1) is 0 Å². The zero-order chi connectivity index (χ0) is 27.2. The zero-order valence-corrected chi connectivity index (χ0v) is 20.7. The Balaban J connectivity index is 1.61. The van der Waals surface area contributed by atoms with E-state index in [2.05, 4.69) is 15.0 Å². The third-order valence-corrected chi connectivity index (χ3v) is 6.79. The van der Waals surface area contributed by atoms with E-state index in [1.165, 1.54) is 15.5 Å². The maximum atomic E-state index is 13.4. The summed E-state index contributed by atoms with van der Waals surface area (Å²) >= 11 is 0. The number of alkyl halides is 3. The van der Waals surface area contributed by atoms with Crippen LogP contribution in [0.3, 0.4) is 0 Å². The third-order valence-electron chi connectivity index (χ3n) is 6.79. The van der Waals surface area contributed by atoms with Crippen LogP contribution in [-0.4, -0.2) is 56.5 Å². The Kier molecular flexibility index (Phi) is 6.41. The summed E-state index contributed by atoms with van der Waals surface area (Å²) in [6, 6.07) is 11.6. The van der Waals surface area contributed by atoms with Gasteiger partial charge in [0.05, 0.1) is 11.2 Å². The van der Waals surface area contributed by atoms with Crippen LogP contribution in [0.5, 0.6) is 5.75 Å². The molecule has 1 aliphatic rings. The van der Waals surface area contributed by atoms with Gasteiger partial charge in [-0.2, -0.15) is 0 Å². The molecule has 4 aromatic rings. The molecule has 1 saturated heterocycles. The first-order valence-electron chi connectivity index (χ1n) is 12.2. The Morgan fingerprint density at radius 2 is 1.97 bits per heavy atom. The SMILES string of the molecule is CCn1c(-c2nc3cc(C(=O)N4CCCC(NC(=O)[O-])C4)cc(OC(F)(F)F)c3n2C)cc2ccccc21. The first-order chi connectivity index (χ1) is 18.1. The molecule has 0 saturated carbocycles. The van der Waals surface area contributed by atoms with Crippen molar-refractivity contribution in [1.29, 1.82) is 0 Å². The van der Waals surface area contributed by atoms with Crippen LogP contribution < -0.4 is 15.2 Å². The fraction of sp³-hybridized carbons (Fsp3) is 0.346. The fourth-order valence-corrected chi connectivity index (χ4v) is 5.23. The van der Waals surface area contributed by atoms with Crippen molar-refractivity contribution in [3.05, 3.63) is 48.0 Å². The Hall–Kier alpha value is -4.22. The minimum Gasteiger partial charge on any atom is -0.530 e. The van der Waals surface area contributed by atoms with E-state index in [1.807, 2.05) is 41.8 Å². The predicted molar refractivity (Wildman–Crippen MR) is 131 cm³/mol. The van der Waals surface area contributed by atoms with Crippen LogP contribution in [0.2, 0.25) is 0 Å². The largest absolute Gasteiger partial charge is 0.573 e. The van der Waals surface area contributed by atoms with Crippen LogP contribution in [0.1, 0.15) is 30.1 Å². The minimum absolute atomic E-state index is 0.0356. The number of imidazole rings is 1. The molecule has 2 amide bonds. The highest BCUT2D eigenvalue weighted by atomic mass is 19.4. The molecule has 1 unspecified atom stereocenters. The van der Waals surface area contributed by atoms with Crippen LogP contribution >= 0.6 is 0 Å². The number of fused-ring (bicyclic) bond motifs is 2. The average Bonchev–Trinajstić information content (AvgIpc) is 3.39. The Labute approximate surface area is 215 Å². The van der Waals surface area contributed by atoms with Gasteiger partial charge in [-0.25, -0.2) is 4.98 Å². The van der Waals surface area contributed by atoms with Gasteiger partial charge in [0.1, 0.15) is 11.6 Å². The first-order valence-corrected chi connectivity index (χ1v) is 12.2. The molecule has 12 heteroatoms. The number of para-hydroxylation sites is 1. The van der Waals surface area contributed by atoms with Gasteiger partial charge in [0.2, 0.25) is 0 Å². The number of piperidine rings is 1. The summed E-state index contributed by atoms with van der Waals surface area (Å²) in [5.41, 5.74) is 1.90. The Bertz CT molecular complexity index is 1540. The number of amides is 2. The lowest BCUT2D eigenvalue weighted by atomic mass is 10.0. The normalized spacial score (nSPS) is 16.2. The summed E-state index contributed by atoms with van der Waals surface area (Å²) < 4.78 is 48.2. The van der Waals surface area contributed by atoms with Gasteiger partial charge in [-0.15, -0.1) is 13.2 Å². The predicted octanol–water partition coefficient (Wildman–Crippen LogP) is 3.65. The molecule has 3 heterocycles. The number of hydrogen-bond donors (Lipinski definition) is 1. The van der Waals surface area contributed by atoms with Crippen LogP contribution in [0.15, 0.2) is 42.5 Å². The maximum absolute atomic E-state index is 13.4. The lowest BCUT2D eigenvalue weighted by Gasteiger charge is -2.33. The number of aryl methyl sites for hydroxylation is 2. The quantitative estimate of drug-likeness (QED) is 0.426. The fourth-order valence-electron chi connectivity index (χ4n) is 5.23. The number of nitrogens with zero attached hydrogens (tertiary/aromatic N) is 4. The van der Waals surface area contributed by atoms with E-state index >= 15 is 0 Å². The number of hydrogen-bond acceptors (Lipinski definition) is 5. The van der Waals surface area contributed by atoms with Crippen molar-refractivity contribution in [2.45, 2.75) is 38.7 Å². The van der Waals surface area contributed by atoms with E-state index in [0.717, 1.165) is 17.0 Å². The van der Waals surface area contributed by atoms with E-state index in [0.29, 0.717) is 37.4 Å². The highest BCUT2D eigenvalue weighted by molar-refractivity contribution is 6.00. The van der Waals surface area contributed by atoms with Crippen molar-refractivity contribution in [1.82, 2.24) is 24.3 Å². The highest BCUT2D eigenvalue weighted by Crippen LogP contribution is 2.36. The second-order valence-electron chi connectivity index (χ2n) is 9.24. The van der Waals surface area contributed by atoms with Gasteiger partial charge in [-0.3, -0.25) is 4.79 Å². The summed E-state index contributed by atoms with van der Waals surface area (Å²) in [5, 5.41) is 14.2. The number of carbonyl (C=O) groups excluding carboxylic acids is 2. The lowest BCUT2D eigenvalue weighted by molar-refractivity contribution is -0.274. The molecule has 5 rings (SSSR count). The van der Waals surface area contributed by atoms with Crippen LogP contribution in [0.4, 0.5) is 18.0 Å². The number of likely N-dealkylation sites (tertiary alicyclic amines) is 1. The van der Waals surface area contributed by atoms with Crippen molar-refractivity contribution >= 4 is 33.9 Å². The summed E-state index contributed by atoms with van der Waals surface area (Å²) in [6.07, 6.45) is -5.39. The molecule has 200 valence electrons. The van der Waals surface area contributed by atoms with Crippen molar-refractivity contribution < 1.29 is 32.6 Å². The van der Waals surface area contributed by atoms with Gasteiger partial charge in [-0.1, -0.05) is 18.2 Å². The number of carboxylic acid groups (broad SMARTS) is 1. The van der Waals surface area contributed by atoms with Crippen molar-refractivity contribution in [3.63, 3.8) is 0 Å². The molecule has 1 fully saturated rings. The number of ether oxygens (including phenoxy) is 1. The van der Waals surface area contributed by atoms with E-state index in [1.54, 1.807) is 7.05 Å². The molecular formula is C26H25F3N5O4-. The number of carbonyl (C=O) groups is 2. The topological polar surface area (TPSA) is 104 Å². The smallest absolute Gasteiger partial charge is 0.530 e. The molecule has 1 atom stereocenters. The average molecular weight is 529 g/mol. The summed E-state index contributed by atoms with van der Waals surface area (Å²) in [7, 11) is 1.61. The summed E-state index contributed by atoms with van der Waals surface area (Å²) in [4.78, 5) is 30.3. The molecule has 1 N–H and O–H groups in total. The maximum Gasteiger partial charge on any atom is 0.573 e. The van der Waals surface area contributed by atoms with Crippen LogP contribution in [0.25, 0.3) is 33.5 Å². The molecular weight excluding hydrogens is 503 g/mol. The van der Waals surface area contributed by atoms with Gasteiger partial charge in [0.15, 0.2) is 11.6 Å². The molecule has 2 aromatic heterocycles. The molecule has 9 nitrogen and oxygen atoms in total. The highest BCUT2D eigenvalue weighted by Gasteiger charge is 2.34. The van der Waals surface area contributed by atoms with E-state index in [4.69, 9.17) is 0 Å².